The van der Waals surface area contributed by atoms with Crippen LogP contribution in [0.15, 0.2) is 22.0 Å². The van der Waals surface area contributed by atoms with Crippen molar-refractivity contribution in [3.63, 3.8) is 0 Å². The summed E-state index contributed by atoms with van der Waals surface area (Å²) < 4.78 is 7.88. The third-order valence-corrected chi connectivity index (χ3v) is 5.56. The van der Waals surface area contributed by atoms with Crippen LogP contribution in [0.25, 0.3) is 20.2 Å². The Kier molecular flexibility index (Phi) is 3.16. The molecule has 2 N–H and O–H groups in total. The average Bonchev–Trinajstić information content (AvgIpc) is 3.11. The van der Waals surface area contributed by atoms with E-state index in [2.05, 4.69) is 27.7 Å². The van der Waals surface area contributed by atoms with E-state index < -0.39 is 5.54 Å². The molecule has 0 spiro atoms. The van der Waals surface area contributed by atoms with Crippen LogP contribution < -0.4 is 5.73 Å². The molecule has 3 aromatic rings. The Bertz CT molecular complexity index is 665. The first-order chi connectivity index (χ1) is 9.16. The highest BCUT2D eigenvalue weighted by Crippen LogP contribution is 2.36. The normalized spacial score (nSPS) is 12.4. The van der Waals surface area contributed by atoms with E-state index in [0.717, 1.165) is 17.7 Å². The third-order valence-electron chi connectivity index (χ3n) is 3.48. The van der Waals surface area contributed by atoms with Gasteiger partial charge in [0, 0.05) is 9.40 Å². The Labute approximate surface area is 119 Å². The Morgan fingerprint density at radius 1 is 1.32 bits per heavy atom. The molecule has 3 rings (SSSR count). The van der Waals surface area contributed by atoms with Gasteiger partial charge >= 0.3 is 0 Å². The van der Waals surface area contributed by atoms with Gasteiger partial charge in [-0.3, -0.25) is 0 Å². The SMILES string of the molecule is CCC(N)(CC)c1noc(-c2cc3sccc3s2)n1. The molecule has 0 saturated carbocycles. The van der Waals surface area contributed by atoms with Crippen LogP contribution in [0.3, 0.4) is 0 Å². The lowest BCUT2D eigenvalue weighted by Gasteiger charge is -2.21. The predicted octanol–water partition coefficient (Wildman–Crippen LogP) is 3.99. The number of rotatable bonds is 4. The third kappa shape index (κ3) is 2.09. The van der Waals surface area contributed by atoms with E-state index in [9.17, 15) is 0 Å². The smallest absolute Gasteiger partial charge is 0.268 e. The highest BCUT2D eigenvalue weighted by molar-refractivity contribution is 7.28. The molecule has 0 aliphatic rings. The number of fused-ring (bicyclic) bond motifs is 1. The van der Waals surface area contributed by atoms with Gasteiger partial charge in [-0.2, -0.15) is 4.98 Å². The fraction of sp³-hybridized carbons (Fsp3) is 0.385. The van der Waals surface area contributed by atoms with Crippen molar-refractivity contribution in [2.24, 2.45) is 5.73 Å². The molecule has 0 aliphatic carbocycles. The summed E-state index contributed by atoms with van der Waals surface area (Å²) in [7, 11) is 0. The lowest BCUT2D eigenvalue weighted by Crippen LogP contribution is -2.36. The molecule has 0 atom stereocenters. The van der Waals surface area contributed by atoms with Gasteiger partial charge in [0.15, 0.2) is 5.82 Å². The van der Waals surface area contributed by atoms with Crippen LogP contribution in [-0.2, 0) is 5.54 Å². The summed E-state index contributed by atoms with van der Waals surface area (Å²) >= 11 is 3.39. The molecule has 0 fully saturated rings. The number of aromatic nitrogens is 2. The first-order valence-corrected chi connectivity index (χ1v) is 7.96. The maximum absolute atomic E-state index is 6.28. The zero-order valence-corrected chi connectivity index (χ0v) is 12.5. The molecule has 0 aliphatic heterocycles. The fourth-order valence-corrected chi connectivity index (χ4v) is 3.99. The van der Waals surface area contributed by atoms with E-state index in [1.807, 2.05) is 13.8 Å². The first-order valence-electron chi connectivity index (χ1n) is 6.26. The van der Waals surface area contributed by atoms with Crippen molar-refractivity contribution in [1.82, 2.24) is 10.1 Å². The summed E-state index contributed by atoms with van der Waals surface area (Å²) in [5.74, 6) is 1.17. The second-order valence-corrected chi connectivity index (χ2v) is 6.58. The number of nitrogens with zero attached hydrogens (tertiary/aromatic N) is 2. The van der Waals surface area contributed by atoms with Crippen LogP contribution in [-0.4, -0.2) is 10.1 Å². The van der Waals surface area contributed by atoms with Crippen LogP contribution in [0.4, 0.5) is 0 Å². The average molecular weight is 293 g/mol. The van der Waals surface area contributed by atoms with Gasteiger partial charge in [-0.05, 0) is 30.4 Å². The quantitative estimate of drug-likeness (QED) is 0.790. The van der Waals surface area contributed by atoms with Gasteiger partial charge in [-0.25, -0.2) is 0 Å². The second-order valence-electron chi connectivity index (χ2n) is 4.55. The Morgan fingerprint density at radius 3 is 2.79 bits per heavy atom. The molecule has 0 bridgehead atoms. The van der Waals surface area contributed by atoms with Gasteiger partial charge in [-0.15, -0.1) is 22.7 Å². The van der Waals surface area contributed by atoms with Crippen LogP contribution in [0.2, 0.25) is 0 Å². The predicted molar refractivity (Wildman–Crippen MR) is 79.4 cm³/mol. The van der Waals surface area contributed by atoms with E-state index in [-0.39, 0.29) is 0 Å². The largest absolute Gasteiger partial charge is 0.333 e. The minimum atomic E-state index is -0.490. The molecular weight excluding hydrogens is 278 g/mol. The molecule has 0 unspecified atom stereocenters. The zero-order valence-electron chi connectivity index (χ0n) is 10.8. The van der Waals surface area contributed by atoms with Crippen LogP contribution in [0.5, 0.6) is 0 Å². The molecule has 4 nitrogen and oxygen atoms in total. The number of nitrogens with two attached hydrogens (primary N) is 1. The fourth-order valence-electron chi connectivity index (χ4n) is 1.96. The van der Waals surface area contributed by atoms with E-state index in [1.54, 1.807) is 22.7 Å². The molecular formula is C13H15N3OS2. The summed E-state index contributed by atoms with van der Waals surface area (Å²) in [5, 5.41) is 6.15. The molecule has 100 valence electrons. The second kappa shape index (κ2) is 4.70. The minimum Gasteiger partial charge on any atom is -0.333 e. The van der Waals surface area contributed by atoms with Crippen molar-refractivity contribution >= 4 is 32.1 Å². The molecule has 0 amide bonds. The summed E-state index contributed by atoms with van der Waals surface area (Å²) in [6.07, 6.45) is 1.59. The van der Waals surface area contributed by atoms with Crippen LogP contribution in [0, 0.1) is 0 Å². The summed E-state index contributed by atoms with van der Waals surface area (Å²) in [5.41, 5.74) is 5.80. The Morgan fingerprint density at radius 2 is 2.11 bits per heavy atom. The molecule has 6 heteroatoms. The maximum atomic E-state index is 6.28. The van der Waals surface area contributed by atoms with Crippen molar-refractivity contribution in [3.05, 3.63) is 23.3 Å². The Hall–Kier alpha value is -1.24. The molecule has 3 heterocycles. The van der Waals surface area contributed by atoms with Crippen molar-refractivity contribution in [2.45, 2.75) is 32.2 Å². The standard InChI is InChI=1S/C13H15N3OS2/c1-3-13(14,4-2)12-15-11(17-16-12)10-7-9-8(19-10)5-6-18-9/h5-7H,3-4,14H2,1-2H3. The van der Waals surface area contributed by atoms with E-state index >= 15 is 0 Å². The first kappa shape index (κ1) is 12.8. The lowest BCUT2D eigenvalue weighted by molar-refractivity contribution is 0.350. The highest BCUT2D eigenvalue weighted by Gasteiger charge is 2.29. The number of hydrogen-bond acceptors (Lipinski definition) is 6. The zero-order chi connectivity index (χ0) is 13.5. The van der Waals surface area contributed by atoms with Gasteiger partial charge < -0.3 is 10.3 Å². The number of thiophene rings is 2. The molecule has 3 aromatic heterocycles. The lowest BCUT2D eigenvalue weighted by atomic mass is 9.93. The van der Waals surface area contributed by atoms with Gasteiger partial charge in [0.05, 0.1) is 10.4 Å². The van der Waals surface area contributed by atoms with Crippen molar-refractivity contribution in [2.75, 3.05) is 0 Å². The molecule has 19 heavy (non-hydrogen) atoms. The van der Waals surface area contributed by atoms with E-state index in [0.29, 0.717) is 11.7 Å². The summed E-state index contributed by atoms with van der Waals surface area (Å²) in [4.78, 5) is 5.49. The maximum Gasteiger partial charge on any atom is 0.268 e. The van der Waals surface area contributed by atoms with Crippen molar-refractivity contribution in [3.8, 4) is 10.8 Å². The molecule has 0 saturated heterocycles. The van der Waals surface area contributed by atoms with Gasteiger partial charge in [0.25, 0.3) is 5.89 Å². The van der Waals surface area contributed by atoms with Crippen LogP contribution >= 0.6 is 22.7 Å². The minimum absolute atomic E-state index is 0.490. The monoisotopic (exact) mass is 293 g/mol. The Balaban J connectivity index is 1.99. The topological polar surface area (TPSA) is 64.9 Å². The van der Waals surface area contributed by atoms with Gasteiger partial charge in [-0.1, -0.05) is 19.0 Å². The van der Waals surface area contributed by atoms with E-state index in [1.165, 1.54) is 9.40 Å². The van der Waals surface area contributed by atoms with E-state index in [4.69, 9.17) is 10.3 Å². The molecule has 0 radical (unpaired) electrons. The van der Waals surface area contributed by atoms with Gasteiger partial charge in [0.2, 0.25) is 0 Å². The van der Waals surface area contributed by atoms with Crippen LogP contribution in [0.1, 0.15) is 32.5 Å². The highest BCUT2D eigenvalue weighted by atomic mass is 32.1. The summed E-state index contributed by atoms with van der Waals surface area (Å²) in [6.45, 7) is 4.08. The van der Waals surface area contributed by atoms with Crippen molar-refractivity contribution < 1.29 is 4.52 Å². The molecule has 0 aromatic carbocycles. The van der Waals surface area contributed by atoms with Gasteiger partial charge in [0.1, 0.15) is 0 Å². The van der Waals surface area contributed by atoms with Crippen molar-refractivity contribution in [1.29, 1.82) is 0 Å². The summed E-state index contributed by atoms with van der Waals surface area (Å²) in [6, 6.07) is 4.20. The number of hydrogen-bond donors (Lipinski definition) is 1.